The highest BCUT2D eigenvalue weighted by Crippen LogP contribution is 2.28. The van der Waals surface area contributed by atoms with E-state index < -0.39 is 4.92 Å². The molecule has 37 heavy (non-hydrogen) atoms. The topological polar surface area (TPSA) is 91.2 Å². The lowest BCUT2D eigenvalue weighted by atomic mass is 10.1. The molecule has 0 aromatic heterocycles. The van der Waals surface area contributed by atoms with Gasteiger partial charge >= 0.3 is 0 Å². The van der Waals surface area contributed by atoms with Crippen LogP contribution in [-0.2, 0) is 11.3 Å². The quantitative estimate of drug-likeness (QED) is 0.386. The van der Waals surface area contributed by atoms with Crippen LogP contribution in [0.3, 0.4) is 0 Å². The number of carbonyl (C=O) groups is 1. The van der Waals surface area contributed by atoms with Gasteiger partial charge in [-0.25, -0.2) is 0 Å². The molecule has 0 saturated carbocycles. The Morgan fingerprint density at radius 1 is 0.865 bits per heavy atom. The first kappa shape index (κ1) is 24.7. The fourth-order valence-corrected chi connectivity index (χ4v) is 4.86. The van der Waals surface area contributed by atoms with Crippen molar-refractivity contribution in [2.75, 3.05) is 67.6 Å². The van der Waals surface area contributed by atoms with Crippen LogP contribution in [0.2, 0.25) is 0 Å². The van der Waals surface area contributed by atoms with E-state index in [1.165, 1.54) is 17.7 Å². The largest absolute Gasteiger partial charge is 0.378 e. The van der Waals surface area contributed by atoms with E-state index in [0.29, 0.717) is 37.7 Å². The first-order chi connectivity index (χ1) is 18.1. The fraction of sp³-hybridized carbons (Fsp3) is 0.321. The lowest BCUT2D eigenvalue weighted by Crippen LogP contribution is -2.45. The van der Waals surface area contributed by atoms with Gasteiger partial charge in [0.05, 0.1) is 29.4 Å². The standard InChI is InChI=1S/C28H31N5O4/c34-28(26-20-25(33(35)36)10-11-27(26)32-16-18-37-19-17-32)29-23-6-8-24(9-7-23)31-14-12-30(13-15-31)21-22-4-2-1-3-5-22/h1-11,20H,12-19,21H2,(H,29,34). The van der Waals surface area contributed by atoms with E-state index in [1.807, 2.05) is 35.2 Å². The number of hydrogen-bond donors (Lipinski definition) is 1. The molecule has 1 N–H and O–H groups in total. The normalized spacial score (nSPS) is 16.4. The van der Waals surface area contributed by atoms with Crippen molar-refractivity contribution >= 4 is 28.7 Å². The van der Waals surface area contributed by atoms with Crippen molar-refractivity contribution < 1.29 is 14.5 Å². The molecule has 2 aliphatic heterocycles. The smallest absolute Gasteiger partial charge is 0.270 e. The van der Waals surface area contributed by atoms with Crippen LogP contribution in [0.15, 0.2) is 72.8 Å². The first-order valence-electron chi connectivity index (χ1n) is 12.6. The number of carbonyl (C=O) groups excluding carboxylic acids is 1. The summed E-state index contributed by atoms with van der Waals surface area (Å²) in [5, 5.41) is 14.3. The zero-order valence-electron chi connectivity index (χ0n) is 20.7. The highest BCUT2D eigenvalue weighted by molar-refractivity contribution is 6.08. The molecule has 1 amide bonds. The molecule has 9 nitrogen and oxygen atoms in total. The van der Waals surface area contributed by atoms with Crippen molar-refractivity contribution in [3.63, 3.8) is 0 Å². The van der Waals surface area contributed by atoms with E-state index in [0.717, 1.165) is 38.4 Å². The summed E-state index contributed by atoms with van der Waals surface area (Å²) in [7, 11) is 0. The van der Waals surface area contributed by atoms with Gasteiger partial charge in [-0.1, -0.05) is 30.3 Å². The average Bonchev–Trinajstić information content (AvgIpc) is 2.94. The molecular weight excluding hydrogens is 470 g/mol. The molecule has 5 rings (SSSR count). The number of rotatable bonds is 7. The number of amides is 1. The number of benzene rings is 3. The number of nitro groups is 1. The fourth-order valence-electron chi connectivity index (χ4n) is 4.86. The highest BCUT2D eigenvalue weighted by atomic mass is 16.6. The molecule has 2 fully saturated rings. The maximum Gasteiger partial charge on any atom is 0.270 e. The Bertz CT molecular complexity index is 1220. The van der Waals surface area contributed by atoms with Gasteiger partial charge in [0, 0.05) is 69.3 Å². The summed E-state index contributed by atoms with van der Waals surface area (Å²) in [5.74, 6) is -0.368. The molecule has 0 bridgehead atoms. The molecule has 9 heteroatoms. The van der Waals surface area contributed by atoms with Gasteiger partial charge in [0.15, 0.2) is 0 Å². The third-order valence-corrected chi connectivity index (χ3v) is 6.90. The van der Waals surface area contributed by atoms with Crippen molar-refractivity contribution in [3.05, 3.63) is 94.0 Å². The zero-order chi connectivity index (χ0) is 25.6. The van der Waals surface area contributed by atoms with Crippen LogP contribution in [-0.4, -0.2) is 68.2 Å². The minimum Gasteiger partial charge on any atom is -0.378 e. The third-order valence-electron chi connectivity index (χ3n) is 6.90. The van der Waals surface area contributed by atoms with Crippen LogP contribution in [0.1, 0.15) is 15.9 Å². The Morgan fingerprint density at radius 2 is 1.57 bits per heavy atom. The molecule has 0 atom stereocenters. The lowest BCUT2D eigenvalue weighted by molar-refractivity contribution is -0.384. The first-order valence-corrected chi connectivity index (χ1v) is 12.6. The number of nitrogens with zero attached hydrogens (tertiary/aromatic N) is 4. The van der Waals surface area contributed by atoms with Crippen LogP contribution < -0.4 is 15.1 Å². The monoisotopic (exact) mass is 501 g/mol. The Kier molecular flexibility index (Phi) is 7.62. The molecular formula is C28H31N5O4. The second kappa shape index (κ2) is 11.4. The second-order valence-electron chi connectivity index (χ2n) is 9.31. The molecule has 2 saturated heterocycles. The summed E-state index contributed by atoms with van der Waals surface area (Å²) in [4.78, 5) is 30.9. The number of hydrogen-bond acceptors (Lipinski definition) is 7. The molecule has 0 aliphatic carbocycles. The predicted octanol–water partition coefficient (Wildman–Crippen LogP) is 4.01. The van der Waals surface area contributed by atoms with Crippen LogP contribution in [0, 0.1) is 10.1 Å². The number of nitrogens with one attached hydrogen (secondary N) is 1. The van der Waals surface area contributed by atoms with Gasteiger partial charge < -0.3 is 19.9 Å². The van der Waals surface area contributed by atoms with Crippen LogP contribution in [0.25, 0.3) is 0 Å². The van der Waals surface area contributed by atoms with Gasteiger partial charge in [-0.15, -0.1) is 0 Å². The van der Waals surface area contributed by atoms with Crippen LogP contribution >= 0.6 is 0 Å². The highest BCUT2D eigenvalue weighted by Gasteiger charge is 2.23. The molecule has 2 heterocycles. The van der Waals surface area contributed by atoms with Gasteiger partial charge in [0.2, 0.25) is 0 Å². The SMILES string of the molecule is O=C(Nc1ccc(N2CCN(Cc3ccccc3)CC2)cc1)c1cc([N+](=O)[O-])ccc1N1CCOCC1. The Labute approximate surface area is 216 Å². The van der Waals surface area contributed by atoms with Gasteiger partial charge in [0.25, 0.3) is 11.6 Å². The van der Waals surface area contributed by atoms with Crippen molar-refractivity contribution in [2.45, 2.75) is 6.54 Å². The van der Waals surface area contributed by atoms with Crippen LogP contribution in [0.5, 0.6) is 0 Å². The van der Waals surface area contributed by atoms with Crippen molar-refractivity contribution in [2.24, 2.45) is 0 Å². The number of non-ortho nitro benzene ring substituents is 1. The number of piperazine rings is 1. The summed E-state index contributed by atoms with van der Waals surface area (Å²) in [6, 6.07) is 22.8. The molecule has 0 spiro atoms. The number of anilines is 3. The molecule has 3 aromatic rings. The number of nitro benzene ring substituents is 1. The molecule has 0 unspecified atom stereocenters. The summed E-state index contributed by atoms with van der Waals surface area (Å²) < 4.78 is 5.42. The minimum absolute atomic E-state index is 0.107. The van der Waals surface area contributed by atoms with E-state index in [4.69, 9.17) is 4.74 Å². The summed E-state index contributed by atoms with van der Waals surface area (Å²) in [6.45, 7) is 7.19. The van der Waals surface area contributed by atoms with E-state index in [1.54, 1.807) is 6.07 Å². The molecule has 3 aromatic carbocycles. The predicted molar refractivity (Wildman–Crippen MR) is 144 cm³/mol. The van der Waals surface area contributed by atoms with E-state index in [2.05, 4.69) is 39.4 Å². The Morgan fingerprint density at radius 3 is 2.24 bits per heavy atom. The third kappa shape index (κ3) is 6.07. The maximum atomic E-state index is 13.2. The summed E-state index contributed by atoms with van der Waals surface area (Å²) in [5.41, 5.74) is 3.95. The zero-order valence-corrected chi connectivity index (χ0v) is 20.7. The summed E-state index contributed by atoms with van der Waals surface area (Å²) >= 11 is 0. The van der Waals surface area contributed by atoms with Crippen molar-refractivity contribution in [1.82, 2.24) is 4.90 Å². The molecule has 2 aliphatic rings. The van der Waals surface area contributed by atoms with E-state index >= 15 is 0 Å². The average molecular weight is 502 g/mol. The molecule has 0 radical (unpaired) electrons. The van der Waals surface area contributed by atoms with Crippen molar-refractivity contribution in [1.29, 1.82) is 0 Å². The van der Waals surface area contributed by atoms with E-state index in [-0.39, 0.29) is 17.2 Å². The second-order valence-corrected chi connectivity index (χ2v) is 9.31. The van der Waals surface area contributed by atoms with Gasteiger partial charge in [-0.3, -0.25) is 19.8 Å². The molecule has 192 valence electrons. The van der Waals surface area contributed by atoms with E-state index in [9.17, 15) is 14.9 Å². The van der Waals surface area contributed by atoms with Gasteiger partial charge in [-0.05, 0) is 35.9 Å². The van der Waals surface area contributed by atoms with Crippen LogP contribution in [0.4, 0.5) is 22.7 Å². The Hall–Kier alpha value is -3.95. The number of morpholine rings is 1. The van der Waals surface area contributed by atoms with Gasteiger partial charge in [-0.2, -0.15) is 0 Å². The Balaban J connectivity index is 1.22. The number of ether oxygens (including phenoxy) is 1. The van der Waals surface area contributed by atoms with Crippen molar-refractivity contribution in [3.8, 4) is 0 Å². The van der Waals surface area contributed by atoms with Gasteiger partial charge in [0.1, 0.15) is 0 Å². The minimum atomic E-state index is -0.478. The maximum absolute atomic E-state index is 13.2. The summed E-state index contributed by atoms with van der Waals surface area (Å²) in [6.07, 6.45) is 0. The lowest BCUT2D eigenvalue weighted by Gasteiger charge is -2.36.